The summed E-state index contributed by atoms with van der Waals surface area (Å²) in [5.41, 5.74) is 2.93. The molecule has 1 atom stereocenters. The molecule has 1 unspecified atom stereocenters. The Hall–Kier alpha value is -3.36. The Morgan fingerprint density at radius 3 is 2.75 bits per heavy atom. The third kappa shape index (κ3) is 2.88. The fraction of sp³-hybridized carbons (Fsp3) is 0.368. The van der Waals surface area contributed by atoms with Gasteiger partial charge in [0.1, 0.15) is 11.9 Å². The van der Waals surface area contributed by atoms with Crippen molar-refractivity contribution in [2.45, 2.75) is 25.8 Å². The highest BCUT2D eigenvalue weighted by Crippen LogP contribution is 2.33. The molecule has 0 aromatic carbocycles. The van der Waals surface area contributed by atoms with E-state index in [2.05, 4.69) is 20.1 Å². The second-order valence-electron chi connectivity index (χ2n) is 7.04. The summed E-state index contributed by atoms with van der Waals surface area (Å²) in [6, 6.07) is 1.70. The molecule has 1 aliphatic heterocycles. The average Bonchev–Trinajstić information content (AvgIpc) is 3.34. The van der Waals surface area contributed by atoms with Crippen LogP contribution in [0.2, 0.25) is 0 Å². The van der Waals surface area contributed by atoms with E-state index in [0.29, 0.717) is 29.0 Å². The van der Waals surface area contributed by atoms with Crippen LogP contribution < -0.4 is 0 Å². The Kier molecular flexibility index (Phi) is 4.50. The quantitative estimate of drug-likeness (QED) is 0.684. The molecular weight excluding hydrogens is 358 g/mol. The van der Waals surface area contributed by atoms with E-state index >= 15 is 0 Å². The van der Waals surface area contributed by atoms with Gasteiger partial charge in [-0.1, -0.05) is 0 Å². The molecule has 28 heavy (non-hydrogen) atoms. The summed E-state index contributed by atoms with van der Waals surface area (Å²) in [6.45, 7) is 2.45. The van der Waals surface area contributed by atoms with Crippen molar-refractivity contribution in [1.82, 2.24) is 34.4 Å². The number of hydrogen-bond donors (Lipinski definition) is 0. The number of rotatable bonds is 3. The number of nitrogens with zero attached hydrogens (tertiary/aromatic N) is 7. The summed E-state index contributed by atoms with van der Waals surface area (Å²) in [6.07, 6.45) is 7.89. The number of likely N-dealkylation sites (tertiary alicyclic amines) is 1. The fourth-order valence-corrected chi connectivity index (χ4v) is 3.63. The fourth-order valence-electron chi connectivity index (χ4n) is 3.63. The van der Waals surface area contributed by atoms with Gasteiger partial charge in [-0.3, -0.25) is 9.59 Å². The number of carbonyl (C=O) groups is 2. The van der Waals surface area contributed by atoms with Crippen LogP contribution >= 0.6 is 0 Å². The Labute approximate surface area is 162 Å². The minimum absolute atomic E-state index is 0.0951. The molecule has 9 heteroatoms. The van der Waals surface area contributed by atoms with Crippen molar-refractivity contribution in [1.29, 1.82) is 0 Å². The average molecular weight is 379 g/mol. The number of carbonyl (C=O) groups excluding carboxylic acids is 2. The minimum atomic E-state index is -0.156. The van der Waals surface area contributed by atoms with Crippen LogP contribution in [-0.2, 0) is 0 Å². The topological polar surface area (TPSA) is 96.6 Å². The minimum Gasteiger partial charge on any atom is -0.345 e. The summed E-state index contributed by atoms with van der Waals surface area (Å²) >= 11 is 0. The van der Waals surface area contributed by atoms with Crippen LogP contribution in [0.1, 0.15) is 51.0 Å². The maximum absolute atomic E-state index is 13.1. The Morgan fingerprint density at radius 1 is 1.18 bits per heavy atom. The Morgan fingerprint density at radius 2 is 2.00 bits per heavy atom. The molecule has 0 spiro atoms. The van der Waals surface area contributed by atoms with Crippen molar-refractivity contribution in [3.8, 4) is 0 Å². The third-order valence-electron chi connectivity index (χ3n) is 5.06. The van der Waals surface area contributed by atoms with E-state index in [9.17, 15) is 9.59 Å². The van der Waals surface area contributed by atoms with Gasteiger partial charge in [0.25, 0.3) is 11.8 Å². The normalized spacial score (nSPS) is 16.5. The van der Waals surface area contributed by atoms with Gasteiger partial charge < -0.3 is 9.80 Å². The number of aryl methyl sites for hydroxylation is 1. The second kappa shape index (κ2) is 6.99. The molecule has 0 N–H and O–H groups in total. The van der Waals surface area contributed by atoms with Gasteiger partial charge in [-0.05, 0) is 25.8 Å². The van der Waals surface area contributed by atoms with Crippen molar-refractivity contribution in [2.75, 3.05) is 20.6 Å². The van der Waals surface area contributed by atoms with E-state index in [4.69, 9.17) is 0 Å². The van der Waals surface area contributed by atoms with Gasteiger partial charge in [0, 0.05) is 33.0 Å². The lowest BCUT2D eigenvalue weighted by Crippen LogP contribution is -2.32. The molecule has 3 aromatic rings. The first-order valence-corrected chi connectivity index (χ1v) is 9.11. The highest BCUT2D eigenvalue weighted by Gasteiger charge is 2.33. The predicted octanol–water partition coefficient (Wildman–Crippen LogP) is 1.51. The van der Waals surface area contributed by atoms with Crippen LogP contribution in [0, 0.1) is 6.92 Å². The van der Waals surface area contributed by atoms with Gasteiger partial charge in [-0.2, -0.15) is 5.10 Å². The van der Waals surface area contributed by atoms with Gasteiger partial charge in [-0.15, -0.1) is 0 Å². The molecule has 2 amide bonds. The first-order chi connectivity index (χ1) is 13.5. The monoisotopic (exact) mass is 379 g/mol. The molecule has 1 saturated heterocycles. The van der Waals surface area contributed by atoms with Crippen LogP contribution in [0.3, 0.4) is 0 Å². The number of fused-ring (bicyclic) bond motifs is 1. The summed E-state index contributed by atoms with van der Waals surface area (Å²) in [5.74, 6) is -0.252. The van der Waals surface area contributed by atoms with Crippen molar-refractivity contribution in [3.63, 3.8) is 0 Å². The SMILES string of the molecule is Cc1ncncc1C(=O)N1CCCC1c1ccnc2c(C(=O)N(C)C)cnn12. The van der Waals surface area contributed by atoms with Gasteiger partial charge in [0.15, 0.2) is 5.65 Å². The van der Waals surface area contributed by atoms with E-state index in [1.807, 2.05) is 11.0 Å². The predicted molar refractivity (Wildman–Crippen MR) is 101 cm³/mol. The smallest absolute Gasteiger partial charge is 0.258 e. The maximum atomic E-state index is 13.1. The molecule has 4 heterocycles. The van der Waals surface area contributed by atoms with Crippen molar-refractivity contribution in [2.24, 2.45) is 0 Å². The Balaban J connectivity index is 1.74. The molecule has 0 saturated carbocycles. The van der Waals surface area contributed by atoms with Crippen molar-refractivity contribution >= 4 is 17.5 Å². The van der Waals surface area contributed by atoms with Gasteiger partial charge in [0.05, 0.1) is 29.2 Å². The number of hydrogen-bond acceptors (Lipinski definition) is 6. The molecule has 3 aromatic heterocycles. The zero-order valence-corrected chi connectivity index (χ0v) is 16.0. The first-order valence-electron chi connectivity index (χ1n) is 9.11. The Bertz CT molecular complexity index is 1060. The third-order valence-corrected chi connectivity index (χ3v) is 5.06. The van der Waals surface area contributed by atoms with Crippen molar-refractivity contribution < 1.29 is 9.59 Å². The highest BCUT2D eigenvalue weighted by molar-refractivity contribution is 5.99. The van der Waals surface area contributed by atoms with Crippen molar-refractivity contribution in [3.05, 3.63) is 53.5 Å². The summed E-state index contributed by atoms with van der Waals surface area (Å²) in [4.78, 5) is 41.3. The van der Waals surface area contributed by atoms with Gasteiger partial charge in [-0.25, -0.2) is 19.5 Å². The first kappa shape index (κ1) is 18.0. The molecule has 1 aliphatic rings. The molecule has 9 nitrogen and oxygen atoms in total. The molecule has 0 radical (unpaired) electrons. The van der Waals surface area contributed by atoms with E-state index < -0.39 is 0 Å². The lowest BCUT2D eigenvalue weighted by molar-refractivity contribution is 0.0729. The molecule has 0 bridgehead atoms. The van der Waals surface area contributed by atoms with Crippen LogP contribution in [0.5, 0.6) is 0 Å². The van der Waals surface area contributed by atoms with Crippen LogP contribution in [-0.4, -0.2) is 66.8 Å². The highest BCUT2D eigenvalue weighted by atomic mass is 16.2. The summed E-state index contributed by atoms with van der Waals surface area (Å²) < 4.78 is 1.67. The molecule has 0 aliphatic carbocycles. The van der Waals surface area contributed by atoms with E-state index in [0.717, 1.165) is 18.5 Å². The zero-order valence-electron chi connectivity index (χ0n) is 16.0. The standard InChI is InChI=1S/C19H21N7O2/c1-12-13(9-20-11-22-12)19(28)25-8-4-5-15(25)16-6-7-21-17-14(10-23-26(16)17)18(27)24(2)3/h6-7,9-11,15H,4-5,8H2,1-3H3. The summed E-state index contributed by atoms with van der Waals surface area (Å²) in [7, 11) is 3.38. The van der Waals surface area contributed by atoms with Gasteiger partial charge >= 0.3 is 0 Å². The molecular formula is C19H21N7O2. The van der Waals surface area contributed by atoms with Gasteiger partial charge in [0.2, 0.25) is 0 Å². The second-order valence-corrected chi connectivity index (χ2v) is 7.04. The molecule has 4 rings (SSSR count). The van der Waals surface area contributed by atoms with E-state index in [1.54, 1.807) is 37.9 Å². The largest absolute Gasteiger partial charge is 0.345 e. The zero-order chi connectivity index (χ0) is 19.8. The molecule has 144 valence electrons. The lowest BCUT2D eigenvalue weighted by atomic mass is 10.1. The number of amides is 2. The van der Waals surface area contributed by atoms with E-state index in [-0.39, 0.29) is 17.9 Å². The van der Waals surface area contributed by atoms with Crippen LogP contribution in [0.4, 0.5) is 0 Å². The molecule has 1 fully saturated rings. The number of aromatic nitrogens is 5. The van der Waals surface area contributed by atoms with Crippen LogP contribution in [0.25, 0.3) is 5.65 Å². The van der Waals surface area contributed by atoms with E-state index in [1.165, 1.54) is 17.4 Å². The van der Waals surface area contributed by atoms with Crippen LogP contribution in [0.15, 0.2) is 31.0 Å². The lowest BCUT2D eigenvalue weighted by Gasteiger charge is -2.25. The summed E-state index contributed by atoms with van der Waals surface area (Å²) in [5, 5.41) is 4.39. The maximum Gasteiger partial charge on any atom is 0.258 e.